The Labute approximate surface area is 157 Å². The number of nitrogens with zero attached hydrogens (tertiary/aromatic N) is 3. The lowest BCUT2D eigenvalue weighted by molar-refractivity contribution is 0.254. The highest BCUT2D eigenvalue weighted by Gasteiger charge is 2.10. The quantitative estimate of drug-likeness (QED) is 0.634. The number of ether oxygens (including phenoxy) is 1. The van der Waals surface area contributed by atoms with Crippen LogP contribution in [-0.2, 0) is 13.1 Å². The molecule has 0 radical (unpaired) electrons. The summed E-state index contributed by atoms with van der Waals surface area (Å²) in [5.41, 5.74) is 2.45. The molecule has 0 N–H and O–H groups in total. The van der Waals surface area contributed by atoms with Crippen molar-refractivity contribution >= 4 is 17.2 Å². The average Bonchev–Trinajstić information content (AvgIpc) is 2.63. The van der Waals surface area contributed by atoms with E-state index in [1.807, 2.05) is 12.1 Å². The number of halogens is 1. The van der Waals surface area contributed by atoms with Crippen LogP contribution >= 0.6 is 11.6 Å². The van der Waals surface area contributed by atoms with Crippen molar-refractivity contribution in [2.45, 2.75) is 26.4 Å². The third-order valence-corrected chi connectivity index (χ3v) is 4.39. The van der Waals surface area contributed by atoms with E-state index in [4.69, 9.17) is 16.3 Å². The summed E-state index contributed by atoms with van der Waals surface area (Å²) >= 11 is 5.96. The second-order valence-electron chi connectivity index (χ2n) is 6.22. The first kappa shape index (κ1) is 18.4. The predicted octanol–water partition coefficient (Wildman–Crippen LogP) is 3.77. The largest absolute Gasteiger partial charge is 0.497 e. The van der Waals surface area contributed by atoms with Crippen LogP contribution in [0.1, 0.15) is 24.6 Å². The molecule has 0 spiro atoms. The maximum absolute atomic E-state index is 12.4. The zero-order valence-corrected chi connectivity index (χ0v) is 15.7. The van der Waals surface area contributed by atoms with Crippen LogP contribution in [-0.4, -0.2) is 27.9 Å². The molecule has 2 heterocycles. The number of rotatable bonds is 7. The summed E-state index contributed by atoms with van der Waals surface area (Å²) in [6, 6.07) is 13.1. The molecular weight excluding hydrogens is 350 g/mol. The highest BCUT2D eigenvalue weighted by molar-refractivity contribution is 6.30. The molecule has 2 aromatic heterocycles. The lowest BCUT2D eigenvalue weighted by Gasteiger charge is -2.21. The molecule has 136 valence electrons. The van der Waals surface area contributed by atoms with Gasteiger partial charge >= 0.3 is 0 Å². The van der Waals surface area contributed by atoms with E-state index >= 15 is 0 Å². The summed E-state index contributed by atoms with van der Waals surface area (Å²) in [5.74, 6) is 0.846. The predicted molar refractivity (Wildman–Crippen MR) is 104 cm³/mol. The second kappa shape index (κ2) is 8.34. The van der Waals surface area contributed by atoms with Crippen molar-refractivity contribution in [2.75, 3.05) is 13.7 Å². The first-order chi connectivity index (χ1) is 12.6. The smallest absolute Gasteiger partial charge is 0.258 e. The fourth-order valence-electron chi connectivity index (χ4n) is 2.96. The van der Waals surface area contributed by atoms with E-state index in [0.29, 0.717) is 17.2 Å². The molecule has 26 heavy (non-hydrogen) atoms. The van der Waals surface area contributed by atoms with E-state index in [0.717, 1.165) is 31.0 Å². The van der Waals surface area contributed by atoms with E-state index in [2.05, 4.69) is 28.9 Å². The van der Waals surface area contributed by atoms with Crippen molar-refractivity contribution in [3.05, 3.63) is 75.3 Å². The molecule has 0 atom stereocenters. The van der Waals surface area contributed by atoms with Gasteiger partial charge < -0.3 is 4.74 Å². The molecule has 0 bridgehead atoms. The standard InChI is InChI=1S/C20H22ClN3O2/c1-3-10-23(12-15-4-7-18(26-2)8-5-15)14-17-11-20(25)24-13-16(21)6-9-19(24)22-17/h4-9,11,13H,3,10,12,14H2,1-2H3. The lowest BCUT2D eigenvalue weighted by Crippen LogP contribution is -2.26. The Kier molecular flexibility index (Phi) is 5.91. The zero-order chi connectivity index (χ0) is 18.5. The van der Waals surface area contributed by atoms with E-state index in [1.54, 1.807) is 31.5 Å². The van der Waals surface area contributed by atoms with Crippen LogP contribution in [0.25, 0.3) is 5.65 Å². The molecule has 3 rings (SSSR count). The molecule has 0 amide bonds. The van der Waals surface area contributed by atoms with Gasteiger partial charge in [-0.15, -0.1) is 0 Å². The minimum absolute atomic E-state index is 0.117. The summed E-state index contributed by atoms with van der Waals surface area (Å²) < 4.78 is 6.68. The molecule has 0 fully saturated rings. The van der Waals surface area contributed by atoms with Crippen molar-refractivity contribution in [1.29, 1.82) is 0 Å². The summed E-state index contributed by atoms with van der Waals surface area (Å²) in [7, 11) is 1.66. The van der Waals surface area contributed by atoms with Gasteiger partial charge in [0.2, 0.25) is 0 Å². The normalized spacial score (nSPS) is 11.2. The minimum atomic E-state index is -0.117. The van der Waals surface area contributed by atoms with Gasteiger partial charge in [-0.25, -0.2) is 4.98 Å². The van der Waals surface area contributed by atoms with Gasteiger partial charge in [0.15, 0.2) is 0 Å². The fourth-order valence-corrected chi connectivity index (χ4v) is 3.12. The summed E-state index contributed by atoms with van der Waals surface area (Å²) in [6.45, 7) is 4.48. The van der Waals surface area contributed by atoms with Gasteiger partial charge in [0.05, 0.1) is 17.8 Å². The zero-order valence-electron chi connectivity index (χ0n) is 15.0. The SMILES string of the molecule is CCCN(Cc1ccc(OC)cc1)Cc1cc(=O)n2cc(Cl)ccc2n1. The van der Waals surface area contributed by atoms with Gasteiger partial charge in [0.25, 0.3) is 5.56 Å². The number of benzene rings is 1. The Morgan fingerprint density at radius 2 is 1.92 bits per heavy atom. The molecule has 3 aromatic rings. The summed E-state index contributed by atoms with van der Waals surface area (Å²) in [5, 5.41) is 0.515. The Morgan fingerprint density at radius 1 is 1.15 bits per heavy atom. The average molecular weight is 372 g/mol. The maximum Gasteiger partial charge on any atom is 0.258 e. The Balaban J connectivity index is 1.81. The molecule has 0 aliphatic rings. The fraction of sp³-hybridized carbons (Fsp3) is 0.300. The first-order valence-electron chi connectivity index (χ1n) is 8.62. The molecule has 6 heteroatoms. The first-order valence-corrected chi connectivity index (χ1v) is 9.00. The maximum atomic E-state index is 12.4. The number of pyridine rings is 1. The van der Waals surface area contributed by atoms with E-state index in [1.165, 1.54) is 9.96 Å². The Bertz CT molecular complexity index is 938. The molecule has 1 aromatic carbocycles. The summed E-state index contributed by atoms with van der Waals surface area (Å²) in [4.78, 5) is 19.3. The second-order valence-corrected chi connectivity index (χ2v) is 6.66. The molecular formula is C20H22ClN3O2. The van der Waals surface area contributed by atoms with Gasteiger partial charge in [0, 0.05) is 25.4 Å². The molecule has 0 unspecified atom stereocenters. The van der Waals surface area contributed by atoms with Gasteiger partial charge in [-0.1, -0.05) is 30.7 Å². The molecule has 0 saturated carbocycles. The number of hydrogen-bond donors (Lipinski definition) is 0. The minimum Gasteiger partial charge on any atom is -0.497 e. The highest BCUT2D eigenvalue weighted by Crippen LogP contribution is 2.15. The van der Waals surface area contributed by atoms with Gasteiger partial charge in [0.1, 0.15) is 11.4 Å². The molecule has 0 saturated heterocycles. The van der Waals surface area contributed by atoms with Crippen LogP contribution in [0.4, 0.5) is 0 Å². The van der Waals surface area contributed by atoms with E-state index in [9.17, 15) is 4.79 Å². The third kappa shape index (κ3) is 4.42. The summed E-state index contributed by atoms with van der Waals surface area (Å²) in [6.07, 6.45) is 2.62. The number of methoxy groups -OCH3 is 1. The van der Waals surface area contributed by atoms with E-state index < -0.39 is 0 Å². The van der Waals surface area contributed by atoms with Crippen LogP contribution in [0.3, 0.4) is 0 Å². The van der Waals surface area contributed by atoms with Crippen molar-refractivity contribution in [2.24, 2.45) is 0 Å². The van der Waals surface area contributed by atoms with Crippen molar-refractivity contribution in [1.82, 2.24) is 14.3 Å². The van der Waals surface area contributed by atoms with Crippen LogP contribution in [0.2, 0.25) is 5.02 Å². The monoisotopic (exact) mass is 371 g/mol. The number of hydrogen-bond acceptors (Lipinski definition) is 4. The van der Waals surface area contributed by atoms with Crippen LogP contribution < -0.4 is 10.3 Å². The van der Waals surface area contributed by atoms with Gasteiger partial charge in [-0.05, 0) is 42.8 Å². The van der Waals surface area contributed by atoms with Gasteiger partial charge in [-0.2, -0.15) is 0 Å². The van der Waals surface area contributed by atoms with Crippen LogP contribution in [0.5, 0.6) is 5.75 Å². The topological polar surface area (TPSA) is 46.8 Å². The number of fused-ring (bicyclic) bond motifs is 1. The van der Waals surface area contributed by atoms with Crippen LogP contribution in [0.15, 0.2) is 53.5 Å². The Morgan fingerprint density at radius 3 is 2.62 bits per heavy atom. The molecule has 0 aliphatic heterocycles. The Hall–Kier alpha value is -2.37. The molecule has 5 nitrogen and oxygen atoms in total. The molecule has 0 aliphatic carbocycles. The van der Waals surface area contributed by atoms with Crippen LogP contribution in [0, 0.1) is 0 Å². The lowest BCUT2D eigenvalue weighted by atomic mass is 10.2. The van der Waals surface area contributed by atoms with Crippen molar-refractivity contribution in [3.63, 3.8) is 0 Å². The van der Waals surface area contributed by atoms with Crippen molar-refractivity contribution in [3.8, 4) is 5.75 Å². The third-order valence-electron chi connectivity index (χ3n) is 4.17. The van der Waals surface area contributed by atoms with Gasteiger partial charge in [-0.3, -0.25) is 14.1 Å². The van der Waals surface area contributed by atoms with E-state index in [-0.39, 0.29) is 5.56 Å². The highest BCUT2D eigenvalue weighted by atomic mass is 35.5. The van der Waals surface area contributed by atoms with Crippen molar-refractivity contribution < 1.29 is 4.74 Å². The number of aromatic nitrogens is 2.